The molecule has 1 amide bonds. The quantitative estimate of drug-likeness (QED) is 0.215. The number of hydrogen-bond acceptors (Lipinski definition) is 9. The number of nitrogens with zero attached hydrogens (tertiary/aromatic N) is 6. The molecule has 1 saturated heterocycles. The van der Waals surface area contributed by atoms with Crippen molar-refractivity contribution >= 4 is 17.5 Å². The molecule has 1 aromatic rings. The maximum absolute atomic E-state index is 12.2. The molecule has 0 N–H and O–H groups in total. The van der Waals surface area contributed by atoms with Gasteiger partial charge in [-0.25, -0.2) is 4.79 Å². The molecule has 29 heavy (non-hydrogen) atoms. The fourth-order valence-corrected chi connectivity index (χ4v) is 2.45. The van der Waals surface area contributed by atoms with Gasteiger partial charge in [0.25, 0.3) is 5.69 Å². The summed E-state index contributed by atoms with van der Waals surface area (Å²) in [6.45, 7) is 4.47. The number of nitro groups is 2. The molecule has 14 nitrogen and oxygen atoms in total. The number of rotatable bonds is 7. The van der Waals surface area contributed by atoms with Crippen LogP contribution in [-0.2, 0) is 4.74 Å². The monoisotopic (exact) mass is 410 g/mol. The van der Waals surface area contributed by atoms with Crippen LogP contribution in [0.2, 0.25) is 0 Å². The number of benzene rings is 1. The molecule has 1 aliphatic heterocycles. The first kappa shape index (κ1) is 21.3. The molecule has 1 heterocycles. The highest BCUT2D eigenvalue weighted by Crippen LogP contribution is 2.31. The Bertz CT molecular complexity index is 829. The van der Waals surface area contributed by atoms with Crippen molar-refractivity contribution in [3.05, 3.63) is 56.3 Å². The van der Waals surface area contributed by atoms with E-state index in [1.807, 2.05) is 0 Å². The number of carbonyl (C=O) groups excluding carboxylic acids is 1. The van der Waals surface area contributed by atoms with E-state index in [9.17, 15) is 30.2 Å². The van der Waals surface area contributed by atoms with Crippen LogP contribution in [0, 0.1) is 25.4 Å². The Labute approximate surface area is 164 Å². The number of ether oxygens (including phenoxy) is 1. The average molecular weight is 410 g/mol. The number of carbonyl (C=O) groups is 1. The normalized spacial score (nSPS) is 14.7. The zero-order chi connectivity index (χ0) is 21.4. The summed E-state index contributed by atoms with van der Waals surface area (Å²) in [5.74, 6) is -0.425. The highest BCUT2D eigenvalue weighted by molar-refractivity contribution is 5.67. The van der Waals surface area contributed by atoms with Gasteiger partial charge in [0, 0.05) is 19.2 Å². The van der Waals surface area contributed by atoms with Crippen molar-refractivity contribution in [2.24, 2.45) is 5.28 Å². The standard InChI is InChI=1S/C15H18N6O8/c1-2-10-28-15(22)17-6-3-7-18(9-8-17)21(27)16-29-14-5-4-12(19(23)24)11-13(14)20(25)26/h2,4-5,11H,1,3,6-10H2/b21-16-. The van der Waals surface area contributed by atoms with Gasteiger partial charge >= 0.3 is 11.8 Å². The lowest BCUT2D eigenvalue weighted by Crippen LogP contribution is -2.37. The Morgan fingerprint density at radius 1 is 1.17 bits per heavy atom. The largest absolute Gasteiger partial charge is 0.569 e. The van der Waals surface area contributed by atoms with Crippen molar-refractivity contribution in [3.63, 3.8) is 0 Å². The first-order valence-electron chi connectivity index (χ1n) is 8.39. The van der Waals surface area contributed by atoms with Crippen molar-refractivity contribution in [1.82, 2.24) is 9.91 Å². The molecular formula is C15H18N6O8. The van der Waals surface area contributed by atoms with E-state index in [2.05, 4.69) is 11.9 Å². The van der Waals surface area contributed by atoms with Crippen LogP contribution in [0.3, 0.4) is 0 Å². The van der Waals surface area contributed by atoms with Gasteiger partial charge in [-0.15, -0.1) is 5.01 Å². The average Bonchev–Trinajstić information content (AvgIpc) is 2.96. The van der Waals surface area contributed by atoms with Gasteiger partial charge in [0.2, 0.25) is 11.0 Å². The van der Waals surface area contributed by atoms with Gasteiger partial charge in [0.15, 0.2) is 0 Å². The van der Waals surface area contributed by atoms with Crippen molar-refractivity contribution < 1.29 is 29.2 Å². The van der Waals surface area contributed by atoms with E-state index in [4.69, 9.17) is 9.57 Å². The van der Waals surface area contributed by atoms with Crippen molar-refractivity contribution in [1.29, 1.82) is 0 Å². The molecule has 0 unspecified atom stereocenters. The minimum absolute atomic E-state index is 0.0733. The molecule has 1 aliphatic rings. The highest BCUT2D eigenvalue weighted by atomic mass is 16.7. The van der Waals surface area contributed by atoms with Gasteiger partial charge in [-0.1, -0.05) is 12.7 Å². The molecular weight excluding hydrogens is 392 g/mol. The van der Waals surface area contributed by atoms with Crippen LogP contribution < -0.4 is 4.84 Å². The molecule has 14 heteroatoms. The number of nitro benzene ring substituents is 2. The predicted octanol–water partition coefficient (Wildman–Crippen LogP) is 2.00. The smallest absolute Gasteiger partial charge is 0.410 e. The second-order valence-corrected chi connectivity index (χ2v) is 5.75. The van der Waals surface area contributed by atoms with Crippen LogP contribution in [0.25, 0.3) is 0 Å². The number of hydrazine groups is 1. The van der Waals surface area contributed by atoms with Gasteiger partial charge < -0.3 is 14.8 Å². The molecule has 0 radical (unpaired) electrons. The second-order valence-electron chi connectivity index (χ2n) is 5.75. The SMILES string of the molecule is C=CCOC(=O)N1CCCN(/[N+]([O-])=N/Oc2ccc([N+](=O)[O-])cc2[N+](=O)[O-])CC1. The lowest BCUT2D eigenvalue weighted by Gasteiger charge is -2.19. The van der Waals surface area contributed by atoms with E-state index >= 15 is 0 Å². The van der Waals surface area contributed by atoms with Gasteiger partial charge in [-0.05, 0) is 12.5 Å². The van der Waals surface area contributed by atoms with Gasteiger partial charge in [-0.3, -0.25) is 25.1 Å². The summed E-state index contributed by atoms with van der Waals surface area (Å²) in [7, 11) is 0. The van der Waals surface area contributed by atoms with Crippen LogP contribution in [0.4, 0.5) is 16.2 Å². The third-order valence-corrected chi connectivity index (χ3v) is 3.86. The minimum atomic E-state index is -0.883. The summed E-state index contributed by atoms with van der Waals surface area (Å²) in [6.07, 6.45) is 1.36. The fourth-order valence-electron chi connectivity index (χ4n) is 2.45. The maximum Gasteiger partial charge on any atom is 0.410 e. The Kier molecular flexibility index (Phi) is 7.22. The third kappa shape index (κ3) is 5.75. The van der Waals surface area contributed by atoms with Crippen LogP contribution >= 0.6 is 0 Å². The van der Waals surface area contributed by atoms with Crippen molar-refractivity contribution in [2.45, 2.75) is 6.42 Å². The first-order valence-corrected chi connectivity index (χ1v) is 8.39. The Balaban J connectivity index is 2.04. The van der Waals surface area contributed by atoms with Gasteiger partial charge in [-0.2, -0.15) is 0 Å². The minimum Gasteiger partial charge on any atom is -0.569 e. The highest BCUT2D eigenvalue weighted by Gasteiger charge is 2.25. The third-order valence-electron chi connectivity index (χ3n) is 3.86. The first-order chi connectivity index (χ1) is 13.8. The number of non-ortho nitro benzene ring substituents is 1. The summed E-state index contributed by atoms with van der Waals surface area (Å²) in [5, 5.41) is 38.5. The summed E-state index contributed by atoms with van der Waals surface area (Å²) >= 11 is 0. The Hall–Kier alpha value is -3.97. The molecule has 0 aliphatic carbocycles. The topological polar surface area (TPSA) is 167 Å². The van der Waals surface area contributed by atoms with Gasteiger partial charge in [0.1, 0.15) is 6.61 Å². The summed E-state index contributed by atoms with van der Waals surface area (Å²) in [5.41, 5.74) is -1.21. The summed E-state index contributed by atoms with van der Waals surface area (Å²) in [6, 6.07) is 2.68. The predicted molar refractivity (Wildman–Crippen MR) is 95.7 cm³/mol. The van der Waals surface area contributed by atoms with Crippen molar-refractivity contribution in [2.75, 3.05) is 32.8 Å². The molecule has 156 valence electrons. The number of amides is 1. The van der Waals surface area contributed by atoms with Gasteiger partial charge in [0.05, 0.1) is 34.0 Å². The van der Waals surface area contributed by atoms with Crippen LogP contribution in [0.5, 0.6) is 5.75 Å². The molecule has 2 rings (SSSR count). The molecule has 1 fully saturated rings. The van der Waals surface area contributed by atoms with Crippen molar-refractivity contribution in [3.8, 4) is 5.75 Å². The number of hydrogen-bond donors (Lipinski definition) is 0. The van der Waals surface area contributed by atoms with E-state index in [1.165, 1.54) is 16.0 Å². The molecule has 0 atom stereocenters. The van der Waals surface area contributed by atoms with Crippen LogP contribution in [0.1, 0.15) is 6.42 Å². The van der Waals surface area contributed by atoms with E-state index in [-0.39, 0.29) is 31.2 Å². The molecule has 0 bridgehead atoms. The molecule has 0 spiro atoms. The van der Waals surface area contributed by atoms with Crippen LogP contribution in [0.15, 0.2) is 36.1 Å². The van der Waals surface area contributed by atoms with Crippen LogP contribution in [-0.4, -0.2) is 63.6 Å². The maximum atomic E-state index is 12.2. The second kappa shape index (κ2) is 9.82. The lowest BCUT2D eigenvalue weighted by atomic mass is 10.2. The zero-order valence-corrected chi connectivity index (χ0v) is 15.2. The zero-order valence-electron chi connectivity index (χ0n) is 15.2. The Morgan fingerprint density at radius 3 is 2.59 bits per heavy atom. The Morgan fingerprint density at radius 2 is 1.93 bits per heavy atom. The molecule has 0 saturated carbocycles. The summed E-state index contributed by atoms with van der Waals surface area (Å²) < 4.78 is 4.95. The van der Waals surface area contributed by atoms with E-state index in [0.29, 0.717) is 19.0 Å². The molecule has 1 aromatic carbocycles. The van der Waals surface area contributed by atoms with E-state index in [1.54, 1.807) is 0 Å². The summed E-state index contributed by atoms with van der Waals surface area (Å²) in [4.78, 5) is 38.4. The molecule has 0 aromatic heterocycles. The van der Waals surface area contributed by atoms with E-state index in [0.717, 1.165) is 12.1 Å². The van der Waals surface area contributed by atoms with E-state index < -0.39 is 33.1 Å². The lowest BCUT2D eigenvalue weighted by molar-refractivity contribution is -0.706. The fraction of sp³-hybridized carbons (Fsp3) is 0.400.